The van der Waals surface area contributed by atoms with E-state index in [4.69, 9.17) is 5.14 Å². The molecule has 104 valence electrons. The summed E-state index contributed by atoms with van der Waals surface area (Å²) in [5.41, 5.74) is 1.08. The summed E-state index contributed by atoms with van der Waals surface area (Å²) in [4.78, 5) is 16.8. The molecule has 6 nitrogen and oxygen atoms in total. The molecule has 0 bridgehead atoms. The van der Waals surface area contributed by atoms with Crippen molar-refractivity contribution in [2.75, 3.05) is 17.2 Å². The van der Waals surface area contributed by atoms with Crippen LogP contribution in [0.3, 0.4) is 0 Å². The van der Waals surface area contributed by atoms with Crippen LogP contribution >= 0.6 is 0 Å². The van der Waals surface area contributed by atoms with E-state index in [0.29, 0.717) is 11.3 Å². The van der Waals surface area contributed by atoms with Crippen LogP contribution in [0.25, 0.3) is 0 Å². The van der Waals surface area contributed by atoms with Crippen molar-refractivity contribution in [3.63, 3.8) is 0 Å². The second kappa shape index (κ2) is 4.86. The molecule has 0 aliphatic carbocycles. The van der Waals surface area contributed by atoms with Gasteiger partial charge in [-0.25, -0.2) is 18.5 Å². The lowest BCUT2D eigenvalue weighted by Crippen LogP contribution is -2.28. The van der Waals surface area contributed by atoms with E-state index in [1.54, 1.807) is 6.92 Å². The number of hydrogen-bond donors (Lipinski definition) is 1. The van der Waals surface area contributed by atoms with E-state index < -0.39 is 16.0 Å². The van der Waals surface area contributed by atoms with Gasteiger partial charge in [-0.1, -0.05) is 0 Å². The fourth-order valence-electron chi connectivity index (χ4n) is 2.25. The number of rotatable bonds is 3. The highest BCUT2D eigenvalue weighted by Gasteiger charge is 2.33. The number of anilines is 1. The van der Waals surface area contributed by atoms with Crippen LogP contribution in [-0.4, -0.2) is 31.6 Å². The molecule has 2 rings (SSSR count). The summed E-state index contributed by atoms with van der Waals surface area (Å²) in [6.07, 6.45) is 1.40. The Morgan fingerprint density at radius 1 is 1.58 bits per heavy atom. The number of aryl methyl sites for hydroxylation is 1. The summed E-state index contributed by atoms with van der Waals surface area (Å²) in [6, 6.07) is 1.23. The predicted molar refractivity (Wildman–Crippen MR) is 67.4 cm³/mol. The highest BCUT2D eigenvalue weighted by Crippen LogP contribution is 2.27. The first-order valence-corrected chi connectivity index (χ1v) is 7.41. The van der Waals surface area contributed by atoms with Crippen molar-refractivity contribution in [3.8, 4) is 0 Å². The molecule has 0 radical (unpaired) electrons. The molecule has 1 aromatic heterocycles. The topological polar surface area (TPSA) is 93.4 Å². The van der Waals surface area contributed by atoms with Crippen LogP contribution in [0.15, 0.2) is 12.3 Å². The number of nitrogens with zero attached hydrogens (tertiary/aromatic N) is 2. The first-order valence-electron chi connectivity index (χ1n) is 5.69. The Hall–Kier alpha value is -1.54. The Labute approximate surface area is 110 Å². The van der Waals surface area contributed by atoms with Gasteiger partial charge in [-0.05, 0) is 18.6 Å². The fraction of sp³-hybridized carbons (Fsp3) is 0.455. The fourth-order valence-corrected chi connectivity index (χ4v) is 3.13. The lowest BCUT2D eigenvalue weighted by Gasteiger charge is -2.18. The maximum Gasteiger partial charge on any atom is 0.227 e. The smallest absolute Gasteiger partial charge is 0.227 e. The van der Waals surface area contributed by atoms with Crippen LogP contribution in [0.1, 0.15) is 12.0 Å². The minimum Gasteiger partial charge on any atom is -0.310 e. The molecule has 2 heterocycles. The summed E-state index contributed by atoms with van der Waals surface area (Å²) < 4.78 is 35.0. The van der Waals surface area contributed by atoms with Gasteiger partial charge in [-0.3, -0.25) is 4.79 Å². The Morgan fingerprint density at radius 2 is 2.26 bits per heavy atom. The van der Waals surface area contributed by atoms with Crippen LogP contribution in [-0.2, 0) is 14.8 Å². The number of aromatic nitrogens is 1. The van der Waals surface area contributed by atoms with Crippen molar-refractivity contribution in [2.24, 2.45) is 11.1 Å². The van der Waals surface area contributed by atoms with Crippen LogP contribution in [0.5, 0.6) is 0 Å². The van der Waals surface area contributed by atoms with E-state index in [9.17, 15) is 17.6 Å². The molecule has 1 amide bonds. The van der Waals surface area contributed by atoms with Gasteiger partial charge in [-0.2, -0.15) is 4.39 Å². The third kappa shape index (κ3) is 3.27. The van der Waals surface area contributed by atoms with Crippen molar-refractivity contribution in [3.05, 3.63) is 23.8 Å². The molecule has 1 atom stereocenters. The van der Waals surface area contributed by atoms with Gasteiger partial charge in [0.25, 0.3) is 0 Å². The molecule has 1 saturated heterocycles. The van der Waals surface area contributed by atoms with Gasteiger partial charge in [0.05, 0.1) is 17.6 Å². The molecule has 8 heteroatoms. The number of sulfonamides is 1. The summed E-state index contributed by atoms with van der Waals surface area (Å²) in [7, 11) is -3.61. The van der Waals surface area contributed by atoms with E-state index in [1.807, 2.05) is 0 Å². The quantitative estimate of drug-likeness (QED) is 0.802. The molecule has 1 aliphatic rings. The van der Waals surface area contributed by atoms with E-state index in [-0.39, 0.29) is 30.5 Å². The number of carbonyl (C=O) groups is 1. The van der Waals surface area contributed by atoms with Gasteiger partial charge in [0.2, 0.25) is 21.9 Å². The summed E-state index contributed by atoms with van der Waals surface area (Å²) >= 11 is 0. The number of carbonyl (C=O) groups excluding carboxylic acids is 1. The maximum atomic E-state index is 12.9. The number of pyridine rings is 1. The largest absolute Gasteiger partial charge is 0.310 e. The Bertz CT molecular complexity index is 618. The average Bonchev–Trinajstić information content (AvgIpc) is 2.56. The highest BCUT2D eigenvalue weighted by atomic mass is 32.2. The second-order valence-electron chi connectivity index (χ2n) is 4.70. The molecule has 1 unspecified atom stereocenters. The van der Waals surface area contributed by atoms with Gasteiger partial charge in [0, 0.05) is 18.9 Å². The zero-order chi connectivity index (χ0) is 14.2. The van der Waals surface area contributed by atoms with E-state index in [2.05, 4.69) is 4.98 Å². The molecule has 19 heavy (non-hydrogen) atoms. The standard InChI is InChI=1S/C11H14FN3O3S/c1-7-2-10(12)14-4-9(7)15-5-8(3-11(15)16)6-19(13,17)18/h2,4,8H,3,5-6H2,1H3,(H2,13,17,18). The molecule has 0 aromatic carbocycles. The molecule has 1 aromatic rings. The zero-order valence-corrected chi connectivity index (χ0v) is 11.2. The van der Waals surface area contributed by atoms with Crippen molar-refractivity contribution >= 4 is 21.6 Å². The van der Waals surface area contributed by atoms with Crippen molar-refractivity contribution in [2.45, 2.75) is 13.3 Å². The molecule has 1 aliphatic heterocycles. The van der Waals surface area contributed by atoms with Crippen molar-refractivity contribution < 1.29 is 17.6 Å². The molecule has 2 N–H and O–H groups in total. The average molecular weight is 287 g/mol. The highest BCUT2D eigenvalue weighted by molar-refractivity contribution is 7.89. The van der Waals surface area contributed by atoms with Crippen molar-refractivity contribution in [1.82, 2.24) is 4.98 Å². The summed E-state index contributed by atoms with van der Waals surface area (Å²) in [6.45, 7) is 1.92. The number of amides is 1. The Morgan fingerprint density at radius 3 is 2.84 bits per heavy atom. The molecule has 1 fully saturated rings. The third-order valence-corrected chi connectivity index (χ3v) is 3.95. The number of nitrogens with two attached hydrogens (primary N) is 1. The minimum atomic E-state index is -3.61. The SMILES string of the molecule is Cc1cc(F)ncc1N1CC(CS(N)(=O)=O)CC1=O. The summed E-state index contributed by atoms with van der Waals surface area (Å²) in [5, 5.41) is 4.98. The maximum absolute atomic E-state index is 12.9. The second-order valence-corrected chi connectivity index (χ2v) is 6.36. The third-order valence-electron chi connectivity index (χ3n) is 3.01. The first kappa shape index (κ1) is 13.9. The number of hydrogen-bond acceptors (Lipinski definition) is 4. The molecular weight excluding hydrogens is 273 g/mol. The monoisotopic (exact) mass is 287 g/mol. The zero-order valence-electron chi connectivity index (χ0n) is 10.3. The molecular formula is C11H14FN3O3S. The van der Waals surface area contributed by atoms with Gasteiger partial charge >= 0.3 is 0 Å². The van der Waals surface area contributed by atoms with Gasteiger partial charge in [0.15, 0.2) is 0 Å². The predicted octanol–water partition coefficient (Wildman–Crippen LogP) is 0.171. The number of halogens is 1. The minimum absolute atomic E-state index is 0.118. The van der Waals surface area contributed by atoms with Gasteiger partial charge in [-0.15, -0.1) is 0 Å². The summed E-state index contributed by atoms with van der Waals surface area (Å²) in [5.74, 6) is -1.39. The Kier molecular flexibility index (Phi) is 3.55. The van der Waals surface area contributed by atoms with E-state index >= 15 is 0 Å². The van der Waals surface area contributed by atoms with Crippen LogP contribution < -0.4 is 10.0 Å². The van der Waals surface area contributed by atoms with Crippen LogP contribution in [0, 0.1) is 18.8 Å². The lowest BCUT2D eigenvalue weighted by molar-refractivity contribution is -0.117. The molecule has 0 saturated carbocycles. The van der Waals surface area contributed by atoms with E-state index in [0.717, 1.165) is 0 Å². The van der Waals surface area contributed by atoms with Crippen molar-refractivity contribution in [1.29, 1.82) is 0 Å². The van der Waals surface area contributed by atoms with Gasteiger partial charge in [0.1, 0.15) is 0 Å². The molecule has 0 spiro atoms. The normalized spacial score (nSPS) is 20.1. The Balaban J connectivity index is 2.20. The van der Waals surface area contributed by atoms with Crippen LogP contribution in [0.4, 0.5) is 10.1 Å². The van der Waals surface area contributed by atoms with E-state index in [1.165, 1.54) is 17.2 Å². The van der Waals surface area contributed by atoms with Crippen LogP contribution in [0.2, 0.25) is 0 Å². The number of primary sulfonamides is 1. The van der Waals surface area contributed by atoms with Gasteiger partial charge < -0.3 is 4.90 Å². The lowest BCUT2D eigenvalue weighted by atomic mass is 10.1. The first-order chi connectivity index (χ1) is 8.76.